The highest BCUT2D eigenvalue weighted by molar-refractivity contribution is 5.46. The lowest BCUT2D eigenvalue weighted by Gasteiger charge is -2.30. The van der Waals surface area contributed by atoms with Crippen molar-refractivity contribution >= 4 is 5.69 Å². The third-order valence-electron chi connectivity index (χ3n) is 3.60. The van der Waals surface area contributed by atoms with Crippen LogP contribution in [0.1, 0.15) is 18.4 Å². The van der Waals surface area contributed by atoms with Gasteiger partial charge in [0.2, 0.25) is 0 Å². The molecule has 1 fully saturated rings. The van der Waals surface area contributed by atoms with Gasteiger partial charge in [0.1, 0.15) is 5.82 Å². The van der Waals surface area contributed by atoms with Gasteiger partial charge in [-0.1, -0.05) is 0 Å². The van der Waals surface area contributed by atoms with Crippen LogP contribution in [0.25, 0.3) is 0 Å². The molecule has 0 aliphatic carbocycles. The van der Waals surface area contributed by atoms with E-state index in [0.29, 0.717) is 18.5 Å². The number of piperidine rings is 1. The zero-order chi connectivity index (χ0) is 14.8. The summed E-state index contributed by atoms with van der Waals surface area (Å²) >= 11 is 0. The lowest BCUT2D eigenvalue weighted by atomic mass is 9.98. The summed E-state index contributed by atoms with van der Waals surface area (Å²) in [5, 5.41) is 2.91. The van der Waals surface area contributed by atoms with Crippen LogP contribution in [0, 0.1) is 11.7 Å². The maximum absolute atomic E-state index is 13.6. The van der Waals surface area contributed by atoms with Gasteiger partial charge in [0.05, 0.1) is 11.3 Å². The van der Waals surface area contributed by atoms with Crippen molar-refractivity contribution in [1.29, 1.82) is 0 Å². The van der Waals surface area contributed by atoms with Crippen LogP contribution in [0.5, 0.6) is 0 Å². The molecule has 6 heteroatoms. The Labute approximate surface area is 115 Å². The Bertz CT molecular complexity index is 459. The molecule has 0 bridgehead atoms. The molecule has 1 aromatic rings. The summed E-state index contributed by atoms with van der Waals surface area (Å²) in [5.74, 6) is -0.459. The molecule has 1 aliphatic rings. The zero-order valence-electron chi connectivity index (χ0n) is 11.3. The monoisotopic (exact) mass is 290 g/mol. The Morgan fingerprint density at radius 3 is 2.70 bits per heavy atom. The average molecular weight is 290 g/mol. The van der Waals surface area contributed by atoms with Crippen LogP contribution >= 0.6 is 0 Å². The predicted octanol–water partition coefficient (Wildman–Crippen LogP) is 3.60. The van der Waals surface area contributed by atoms with E-state index >= 15 is 0 Å². The molecule has 112 valence electrons. The summed E-state index contributed by atoms with van der Waals surface area (Å²) in [6.07, 6.45) is -2.36. The van der Waals surface area contributed by atoms with Crippen molar-refractivity contribution in [2.75, 3.05) is 32.0 Å². The summed E-state index contributed by atoms with van der Waals surface area (Å²) in [6.45, 7) is 2.56. The van der Waals surface area contributed by atoms with Gasteiger partial charge in [-0.25, -0.2) is 4.39 Å². The Balaban J connectivity index is 1.96. The van der Waals surface area contributed by atoms with Crippen LogP contribution in [0.2, 0.25) is 0 Å². The fourth-order valence-electron chi connectivity index (χ4n) is 2.53. The van der Waals surface area contributed by atoms with Crippen LogP contribution in [-0.2, 0) is 6.18 Å². The number of anilines is 1. The van der Waals surface area contributed by atoms with Crippen molar-refractivity contribution in [3.63, 3.8) is 0 Å². The first-order valence-corrected chi connectivity index (χ1v) is 6.65. The SMILES string of the molecule is CN1CCCC(CNc2ccc(C(F)(F)F)cc2F)C1. The number of halogens is 4. The number of benzene rings is 1. The summed E-state index contributed by atoms with van der Waals surface area (Å²) < 4.78 is 50.9. The molecular weight excluding hydrogens is 272 g/mol. The molecule has 0 saturated carbocycles. The maximum Gasteiger partial charge on any atom is 0.416 e. The van der Waals surface area contributed by atoms with Gasteiger partial charge in [0, 0.05) is 13.1 Å². The largest absolute Gasteiger partial charge is 0.416 e. The molecule has 1 saturated heterocycles. The number of hydrogen-bond donors (Lipinski definition) is 1. The van der Waals surface area contributed by atoms with Crippen molar-refractivity contribution in [2.45, 2.75) is 19.0 Å². The number of nitrogens with zero attached hydrogens (tertiary/aromatic N) is 1. The first kappa shape index (κ1) is 15.1. The zero-order valence-corrected chi connectivity index (χ0v) is 11.3. The van der Waals surface area contributed by atoms with Gasteiger partial charge in [-0.3, -0.25) is 0 Å². The van der Waals surface area contributed by atoms with E-state index in [1.165, 1.54) is 0 Å². The molecule has 20 heavy (non-hydrogen) atoms. The van der Waals surface area contributed by atoms with Crippen molar-refractivity contribution in [3.05, 3.63) is 29.6 Å². The molecule has 2 rings (SSSR count). The third-order valence-corrected chi connectivity index (χ3v) is 3.60. The van der Waals surface area contributed by atoms with Crippen LogP contribution < -0.4 is 5.32 Å². The van der Waals surface area contributed by atoms with E-state index in [9.17, 15) is 17.6 Å². The minimum absolute atomic E-state index is 0.131. The maximum atomic E-state index is 13.6. The molecule has 1 aromatic carbocycles. The molecule has 1 unspecified atom stereocenters. The van der Waals surface area contributed by atoms with Crippen LogP contribution in [0.3, 0.4) is 0 Å². The van der Waals surface area contributed by atoms with Gasteiger partial charge >= 0.3 is 6.18 Å². The van der Waals surface area contributed by atoms with Crippen molar-refractivity contribution in [2.24, 2.45) is 5.92 Å². The molecule has 0 amide bonds. The van der Waals surface area contributed by atoms with Crippen molar-refractivity contribution in [1.82, 2.24) is 4.90 Å². The summed E-state index contributed by atoms with van der Waals surface area (Å²) in [7, 11) is 2.03. The summed E-state index contributed by atoms with van der Waals surface area (Å²) in [4.78, 5) is 2.21. The third kappa shape index (κ3) is 3.85. The van der Waals surface area contributed by atoms with Gasteiger partial charge in [-0.05, 0) is 50.6 Å². The van der Waals surface area contributed by atoms with Gasteiger partial charge in [0.25, 0.3) is 0 Å². The number of nitrogens with one attached hydrogen (secondary N) is 1. The Kier molecular flexibility index (Phi) is 4.52. The molecular formula is C14H18F4N2. The van der Waals surface area contributed by atoms with Gasteiger partial charge in [-0.2, -0.15) is 13.2 Å². The summed E-state index contributed by atoms with van der Waals surface area (Å²) in [6, 6.07) is 2.60. The first-order chi connectivity index (χ1) is 9.36. The molecule has 1 aliphatic heterocycles. The quantitative estimate of drug-likeness (QED) is 0.856. The van der Waals surface area contributed by atoms with E-state index in [-0.39, 0.29) is 5.69 Å². The minimum Gasteiger partial charge on any atom is -0.382 e. The molecule has 0 radical (unpaired) electrons. The topological polar surface area (TPSA) is 15.3 Å². The molecule has 1 heterocycles. The molecule has 0 aromatic heterocycles. The average Bonchev–Trinajstić information content (AvgIpc) is 2.36. The molecule has 0 spiro atoms. The number of rotatable bonds is 3. The normalized spacial score (nSPS) is 20.9. The number of likely N-dealkylation sites (tertiary alicyclic amines) is 1. The molecule has 2 nitrogen and oxygen atoms in total. The second-order valence-corrected chi connectivity index (χ2v) is 5.34. The van der Waals surface area contributed by atoms with Gasteiger partial charge in [-0.15, -0.1) is 0 Å². The molecule has 1 atom stereocenters. The van der Waals surface area contributed by atoms with E-state index in [4.69, 9.17) is 0 Å². The van der Waals surface area contributed by atoms with E-state index in [0.717, 1.165) is 38.1 Å². The van der Waals surface area contributed by atoms with Crippen LogP contribution in [0.4, 0.5) is 23.2 Å². The van der Waals surface area contributed by atoms with Crippen LogP contribution in [-0.4, -0.2) is 31.6 Å². The second kappa shape index (κ2) is 5.99. The second-order valence-electron chi connectivity index (χ2n) is 5.34. The Morgan fingerprint density at radius 2 is 2.10 bits per heavy atom. The van der Waals surface area contributed by atoms with E-state index < -0.39 is 17.6 Å². The van der Waals surface area contributed by atoms with E-state index in [1.807, 2.05) is 7.05 Å². The predicted molar refractivity (Wildman–Crippen MR) is 70.1 cm³/mol. The Hall–Kier alpha value is -1.30. The standard InChI is InChI=1S/C14H18F4N2/c1-20-6-2-3-10(9-20)8-19-13-5-4-11(7-12(13)15)14(16,17)18/h4-5,7,10,19H,2-3,6,8-9H2,1H3. The lowest BCUT2D eigenvalue weighted by Crippen LogP contribution is -2.35. The molecule has 1 N–H and O–H groups in total. The van der Waals surface area contributed by atoms with Crippen molar-refractivity contribution in [3.8, 4) is 0 Å². The van der Waals surface area contributed by atoms with Gasteiger partial charge in [0.15, 0.2) is 0 Å². The Morgan fingerprint density at radius 1 is 1.35 bits per heavy atom. The highest BCUT2D eigenvalue weighted by Gasteiger charge is 2.31. The summed E-state index contributed by atoms with van der Waals surface area (Å²) in [5.41, 5.74) is -0.829. The smallest absolute Gasteiger partial charge is 0.382 e. The first-order valence-electron chi connectivity index (χ1n) is 6.65. The van der Waals surface area contributed by atoms with E-state index in [2.05, 4.69) is 10.2 Å². The van der Waals surface area contributed by atoms with Gasteiger partial charge < -0.3 is 10.2 Å². The highest BCUT2D eigenvalue weighted by atomic mass is 19.4. The minimum atomic E-state index is -4.51. The van der Waals surface area contributed by atoms with Crippen LogP contribution in [0.15, 0.2) is 18.2 Å². The highest BCUT2D eigenvalue weighted by Crippen LogP contribution is 2.31. The van der Waals surface area contributed by atoms with Crippen molar-refractivity contribution < 1.29 is 17.6 Å². The fourth-order valence-corrected chi connectivity index (χ4v) is 2.53. The van der Waals surface area contributed by atoms with E-state index in [1.54, 1.807) is 0 Å². The number of hydrogen-bond acceptors (Lipinski definition) is 2. The fraction of sp³-hybridized carbons (Fsp3) is 0.571. The lowest BCUT2D eigenvalue weighted by molar-refractivity contribution is -0.137. The number of alkyl halides is 3.